The van der Waals surface area contributed by atoms with Crippen molar-refractivity contribution in [2.75, 3.05) is 6.54 Å². The molecule has 3 heterocycles. The van der Waals surface area contributed by atoms with Gasteiger partial charge in [0.15, 0.2) is 0 Å². The fraction of sp³-hybridized carbons (Fsp3) is 0.192. The highest BCUT2D eigenvalue weighted by atomic mass is 35.5. The van der Waals surface area contributed by atoms with Gasteiger partial charge in [-0.2, -0.15) is 0 Å². The lowest BCUT2D eigenvalue weighted by Gasteiger charge is -2.26. The zero-order chi connectivity index (χ0) is 22.5. The minimum atomic E-state index is -0.151. The monoisotopic (exact) mass is 493 g/mol. The Labute approximate surface area is 208 Å². The van der Waals surface area contributed by atoms with Crippen LogP contribution in [0.15, 0.2) is 79.3 Å². The molecule has 5 rings (SSSR count). The summed E-state index contributed by atoms with van der Waals surface area (Å²) < 4.78 is 12.1. The first-order valence-corrected chi connectivity index (χ1v) is 11.7. The van der Waals surface area contributed by atoms with E-state index in [-0.39, 0.29) is 24.4 Å². The van der Waals surface area contributed by atoms with E-state index in [0.29, 0.717) is 22.4 Å². The maximum Gasteiger partial charge on any atom is 0.279 e. The molecule has 0 aliphatic carbocycles. The van der Waals surface area contributed by atoms with Gasteiger partial charge in [-0.05, 0) is 66.3 Å². The molecule has 1 N–H and O–H groups in total. The van der Waals surface area contributed by atoms with Crippen LogP contribution in [-0.2, 0) is 12.8 Å². The summed E-state index contributed by atoms with van der Waals surface area (Å²) in [4.78, 5) is 21.2. The molecule has 1 atom stereocenters. The van der Waals surface area contributed by atoms with Crippen molar-refractivity contribution in [2.24, 2.45) is 0 Å². The Morgan fingerprint density at radius 1 is 1.12 bits per heavy atom. The number of hydrogen-bond acceptors (Lipinski definition) is 6. The molecule has 0 radical (unpaired) electrons. The Kier molecular flexibility index (Phi) is 7.77. The van der Waals surface area contributed by atoms with E-state index in [2.05, 4.69) is 27.4 Å². The molecule has 174 valence electrons. The third-order valence-corrected chi connectivity index (χ3v) is 6.38. The normalized spacial score (nSPS) is 14.3. The largest absolute Gasteiger partial charge is 0.485 e. The summed E-state index contributed by atoms with van der Waals surface area (Å²) in [6.07, 6.45) is 7.70. The topological polar surface area (TPSA) is 73.3 Å². The molecule has 4 aromatic rings. The fourth-order valence-corrected chi connectivity index (χ4v) is 4.50. The van der Waals surface area contributed by atoms with Crippen LogP contribution in [0.5, 0.6) is 16.7 Å². The molecule has 0 bridgehead atoms. The van der Waals surface area contributed by atoms with Crippen molar-refractivity contribution in [3.05, 3.63) is 101 Å². The second-order valence-electron chi connectivity index (χ2n) is 7.78. The molecular formula is C26H24ClN3O3S. The average Bonchev–Trinajstić information content (AvgIpc) is 3.33. The van der Waals surface area contributed by atoms with Crippen molar-refractivity contribution in [3.8, 4) is 16.7 Å². The summed E-state index contributed by atoms with van der Waals surface area (Å²) in [6, 6.07) is 20.0. The number of aromatic nitrogens is 2. The highest BCUT2D eigenvalue weighted by Crippen LogP contribution is 2.38. The van der Waals surface area contributed by atoms with Crippen LogP contribution in [0.4, 0.5) is 0 Å². The first-order chi connectivity index (χ1) is 16.2. The first-order valence-electron chi connectivity index (χ1n) is 10.9. The Bertz CT molecular complexity index is 1230. The van der Waals surface area contributed by atoms with Crippen molar-refractivity contribution >= 4 is 29.7 Å². The quantitative estimate of drug-likeness (QED) is 0.352. The van der Waals surface area contributed by atoms with Gasteiger partial charge in [0.2, 0.25) is 0 Å². The second-order valence-corrected chi connectivity index (χ2v) is 8.77. The SMILES string of the molecule is Cl.O=C(NCCc1ccncc1)c1cnc(Oc2ccc3c(c2)CCC(c2ccccc2)O3)s1. The summed E-state index contributed by atoms with van der Waals surface area (Å²) in [5.41, 5.74) is 3.44. The predicted molar refractivity (Wildman–Crippen MR) is 134 cm³/mol. The summed E-state index contributed by atoms with van der Waals surface area (Å²) in [7, 11) is 0. The lowest BCUT2D eigenvalue weighted by molar-refractivity contribution is 0.0958. The lowest BCUT2D eigenvalue weighted by atomic mass is 9.97. The van der Waals surface area contributed by atoms with E-state index in [4.69, 9.17) is 9.47 Å². The molecule has 2 aromatic carbocycles. The van der Waals surface area contributed by atoms with Crippen molar-refractivity contribution in [3.63, 3.8) is 0 Å². The molecule has 1 amide bonds. The maximum atomic E-state index is 12.4. The highest BCUT2D eigenvalue weighted by molar-refractivity contribution is 7.15. The standard InChI is InChI=1S/C26H23N3O3S.ClH/c30-25(28-15-12-18-10-13-27-14-11-18)24-17-29-26(33-24)31-21-7-9-23-20(16-21)6-8-22(32-23)19-4-2-1-3-5-19;/h1-5,7,9-11,13-14,16-17,22H,6,8,12,15H2,(H,28,30);1H. The molecule has 8 heteroatoms. The number of amides is 1. The number of fused-ring (bicyclic) bond motifs is 1. The van der Waals surface area contributed by atoms with Crippen LogP contribution < -0.4 is 14.8 Å². The van der Waals surface area contributed by atoms with E-state index < -0.39 is 0 Å². The van der Waals surface area contributed by atoms with Gasteiger partial charge in [0.1, 0.15) is 22.5 Å². The molecule has 0 spiro atoms. The summed E-state index contributed by atoms with van der Waals surface area (Å²) in [6.45, 7) is 0.547. The summed E-state index contributed by atoms with van der Waals surface area (Å²) in [5.74, 6) is 1.42. The Morgan fingerprint density at radius 2 is 1.94 bits per heavy atom. The van der Waals surface area contributed by atoms with Crippen molar-refractivity contribution < 1.29 is 14.3 Å². The number of pyridine rings is 1. The van der Waals surface area contributed by atoms with E-state index in [9.17, 15) is 4.79 Å². The third kappa shape index (κ3) is 5.73. The van der Waals surface area contributed by atoms with Crippen LogP contribution in [0.2, 0.25) is 0 Å². The number of carbonyl (C=O) groups is 1. The van der Waals surface area contributed by atoms with Gasteiger partial charge in [0, 0.05) is 18.9 Å². The summed E-state index contributed by atoms with van der Waals surface area (Å²) in [5, 5.41) is 3.36. The summed E-state index contributed by atoms with van der Waals surface area (Å²) >= 11 is 1.23. The van der Waals surface area contributed by atoms with Gasteiger partial charge in [0.25, 0.3) is 11.1 Å². The number of rotatable bonds is 7. The zero-order valence-electron chi connectivity index (χ0n) is 18.3. The molecule has 6 nitrogen and oxygen atoms in total. The van der Waals surface area contributed by atoms with Crippen molar-refractivity contribution in [1.82, 2.24) is 15.3 Å². The number of ether oxygens (including phenoxy) is 2. The first kappa shape index (κ1) is 23.7. The molecule has 34 heavy (non-hydrogen) atoms. The second kappa shape index (κ2) is 11.1. The van der Waals surface area contributed by atoms with Gasteiger partial charge < -0.3 is 14.8 Å². The lowest BCUT2D eigenvalue weighted by Crippen LogP contribution is -2.24. The molecular weight excluding hydrogens is 470 g/mol. The van der Waals surface area contributed by atoms with Gasteiger partial charge in [-0.3, -0.25) is 9.78 Å². The molecule has 1 aliphatic rings. The van der Waals surface area contributed by atoms with Gasteiger partial charge in [0.05, 0.1) is 6.20 Å². The molecule has 1 aliphatic heterocycles. The average molecular weight is 494 g/mol. The smallest absolute Gasteiger partial charge is 0.279 e. The van der Waals surface area contributed by atoms with E-state index in [0.717, 1.165) is 36.1 Å². The van der Waals surface area contributed by atoms with Gasteiger partial charge in [-0.25, -0.2) is 4.98 Å². The van der Waals surface area contributed by atoms with Crippen LogP contribution in [0.25, 0.3) is 0 Å². The van der Waals surface area contributed by atoms with E-state index in [1.54, 1.807) is 18.6 Å². The third-order valence-electron chi connectivity index (χ3n) is 5.51. The maximum absolute atomic E-state index is 12.4. The Morgan fingerprint density at radius 3 is 2.76 bits per heavy atom. The minimum absolute atomic E-state index is 0. The molecule has 1 unspecified atom stereocenters. The number of carbonyl (C=O) groups excluding carboxylic acids is 1. The highest BCUT2D eigenvalue weighted by Gasteiger charge is 2.22. The Hall–Kier alpha value is -3.42. The number of nitrogens with one attached hydrogen (secondary N) is 1. The number of nitrogens with zero attached hydrogens (tertiary/aromatic N) is 2. The number of aryl methyl sites for hydroxylation is 1. The zero-order valence-corrected chi connectivity index (χ0v) is 20.0. The fourth-order valence-electron chi connectivity index (χ4n) is 3.80. The minimum Gasteiger partial charge on any atom is -0.485 e. The van der Waals surface area contributed by atoms with Crippen molar-refractivity contribution in [2.45, 2.75) is 25.4 Å². The van der Waals surface area contributed by atoms with E-state index in [1.807, 2.05) is 48.5 Å². The van der Waals surface area contributed by atoms with Crippen LogP contribution in [0, 0.1) is 0 Å². The predicted octanol–water partition coefficient (Wildman–Crippen LogP) is 5.79. The van der Waals surface area contributed by atoms with E-state index >= 15 is 0 Å². The number of benzene rings is 2. The molecule has 0 saturated carbocycles. The molecule has 2 aromatic heterocycles. The van der Waals surface area contributed by atoms with Gasteiger partial charge in [-0.1, -0.05) is 41.7 Å². The number of thiazole rings is 1. The van der Waals surface area contributed by atoms with Gasteiger partial charge in [-0.15, -0.1) is 12.4 Å². The van der Waals surface area contributed by atoms with Crippen LogP contribution in [0.1, 0.15) is 38.9 Å². The molecule has 0 saturated heterocycles. The Balaban J connectivity index is 0.00000274. The number of halogens is 1. The van der Waals surface area contributed by atoms with E-state index in [1.165, 1.54) is 16.9 Å². The van der Waals surface area contributed by atoms with Crippen LogP contribution in [-0.4, -0.2) is 22.4 Å². The molecule has 0 fully saturated rings. The van der Waals surface area contributed by atoms with Crippen LogP contribution >= 0.6 is 23.7 Å². The van der Waals surface area contributed by atoms with Crippen molar-refractivity contribution in [1.29, 1.82) is 0 Å². The number of hydrogen-bond donors (Lipinski definition) is 1. The van der Waals surface area contributed by atoms with Crippen LogP contribution in [0.3, 0.4) is 0 Å². The van der Waals surface area contributed by atoms with Gasteiger partial charge >= 0.3 is 0 Å².